The number of non-ortho nitro benzene ring substituents is 1. The molecular weight excluding hydrogens is 362 g/mol. The zero-order valence-electron chi connectivity index (χ0n) is 12.8. The number of hydrogen-bond donors (Lipinski definition) is 1. The van der Waals surface area contributed by atoms with Gasteiger partial charge >= 0.3 is 0 Å². The molecule has 0 fully saturated rings. The summed E-state index contributed by atoms with van der Waals surface area (Å²) >= 11 is 7.25. The highest BCUT2D eigenvalue weighted by atomic mass is 35.5. The van der Waals surface area contributed by atoms with Gasteiger partial charge in [0.25, 0.3) is 5.69 Å². The Morgan fingerprint density at radius 1 is 1.20 bits per heavy atom. The molecule has 0 atom stereocenters. The molecule has 0 aliphatic heterocycles. The van der Waals surface area contributed by atoms with Crippen molar-refractivity contribution in [2.24, 2.45) is 0 Å². The van der Waals surface area contributed by atoms with Crippen LogP contribution in [0.4, 0.5) is 11.4 Å². The average molecular weight is 374 g/mol. The normalized spacial score (nSPS) is 10.6. The molecule has 6 nitrogen and oxygen atoms in total. The Hall–Kier alpha value is -2.64. The minimum absolute atomic E-state index is 0.115. The highest BCUT2D eigenvalue weighted by Gasteiger charge is 2.12. The first-order valence-electron chi connectivity index (χ1n) is 7.25. The van der Waals surface area contributed by atoms with E-state index in [0.717, 1.165) is 15.9 Å². The van der Waals surface area contributed by atoms with E-state index in [-0.39, 0.29) is 28.1 Å². The second kappa shape index (κ2) is 7.50. The largest absolute Gasteiger partial charge is 0.324 e. The van der Waals surface area contributed by atoms with Gasteiger partial charge in [0.05, 0.1) is 31.9 Å². The molecule has 3 rings (SSSR count). The summed E-state index contributed by atoms with van der Waals surface area (Å²) in [7, 11) is 0. The number of pyridine rings is 1. The Morgan fingerprint density at radius 3 is 2.80 bits per heavy atom. The number of halogens is 1. The highest BCUT2D eigenvalue weighted by molar-refractivity contribution is 7.99. The van der Waals surface area contributed by atoms with Gasteiger partial charge in [0.1, 0.15) is 0 Å². The van der Waals surface area contributed by atoms with Crippen LogP contribution in [0.25, 0.3) is 10.9 Å². The molecule has 0 aliphatic rings. The van der Waals surface area contributed by atoms with Crippen molar-refractivity contribution in [2.75, 3.05) is 11.1 Å². The molecule has 0 radical (unpaired) electrons. The number of rotatable bonds is 5. The second-order valence-electron chi connectivity index (χ2n) is 5.10. The molecule has 0 saturated carbocycles. The lowest BCUT2D eigenvalue weighted by atomic mass is 10.2. The van der Waals surface area contributed by atoms with E-state index in [1.54, 1.807) is 0 Å². The van der Waals surface area contributed by atoms with Crippen LogP contribution in [-0.4, -0.2) is 21.6 Å². The number of amides is 1. The van der Waals surface area contributed by atoms with Crippen molar-refractivity contribution < 1.29 is 9.72 Å². The number of anilines is 1. The third-order valence-electron chi connectivity index (χ3n) is 3.36. The summed E-state index contributed by atoms with van der Waals surface area (Å²) in [6.07, 6.45) is 0. The Morgan fingerprint density at radius 2 is 2.00 bits per heavy atom. The van der Waals surface area contributed by atoms with Crippen LogP contribution >= 0.6 is 23.4 Å². The van der Waals surface area contributed by atoms with Gasteiger partial charge in [-0.05, 0) is 18.2 Å². The molecule has 25 heavy (non-hydrogen) atoms. The molecule has 1 N–H and O–H groups in total. The van der Waals surface area contributed by atoms with E-state index >= 15 is 0 Å². The van der Waals surface area contributed by atoms with Crippen molar-refractivity contribution >= 4 is 51.5 Å². The molecule has 0 unspecified atom stereocenters. The molecule has 1 aromatic heterocycles. The van der Waals surface area contributed by atoms with E-state index in [2.05, 4.69) is 10.3 Å². The Bertz CT molecular complexity index is 965. The smallest absolute Gasteiger partial charge is 0.271 e. The molecule has 0 spiro atoms. The summed E-state index contributed by atoms with van der Waals surface area (Å²) in [5.74, 6) is -0.202. The number of nitro benzene ring substituents is 1. The summed E-state index contributed by atoms with van der Waals surface area (Å²) in [5.41, 5.74) is 0.936. The summed E-state index contributed by atoms with van der Waals surface area (Å²) in [6.45, 7) is 0. The molecule has 2 aromatic carbocycles. The monoisotopic (exact) mass is 373 g/mol. The van der Waals surface area contributed by atoms with Crippen molar-refractivity contribution in [3.63, 3.8) is 0 Å². The number of fused-ring (bicyclic) bond motifs is 1. The topological polar surface area (TPSA) is 85.1 Å². The lowest BCUT2D eigenvalue weighted by Crippen LogP contribution is -2.14. The molecule has 0 bridgehead atoms. The van der Waals surface area contributed by atoms with E-state index in [4.69, 9.17) is 11.6 Å². The fraction of sp³-hybridized carbons (Fsp3) is 0.0588. The van der Waals surface area contributed by atoms with Gasteiger partial charge in [-0.1, -0.05) is 47.6 Å². The van der Waals surface area contributed by atoms with E-state index in [1.807, 2.05) is 36.4 Å². The number of para-hydroxylation sites is 1. The maximum atomic E-state index is 12.1. The summed E-state index contributed by atoms with van der Waals surface area (Å²) < 4.78 is 0. The van der Waals surface area contributed by atoms with Gasteiger partial charge in [-0.2, -0.15) is 0 Å². The molecule has 8 heteroatoms. The van der Waals surface area contributed by atoms with E-state index in [0.29, 0.717) is 0 Å². The number of benzene rings is 2. The predicted molar refractivity (Wildman–Crippen MR) is 99.2 cm³/mol. The maximum Gasteiger partial charge on any atom is 0.271 e. The SMILES string of the molecule is O=C(CSc1ccc2ccccc2n1)Nc1cc([N+](=O)[O-])ccc1Cl. The Kier molecular flexibility index (Phi) is 5.16. The number of hydrogen-bond acceptors (Lipinski definition) is 5. The van der Waals surface area contributed by atoms with E-state index in [1.165, 1.54) is 30.0 Å². The van der Waals surface area contributed by atoms with Crippen molar-refractivity contribution in [3.8, 4) is 0 Å². The Balaban J connectivity index is 1.66. The maximum absolute atomic E-state index is 12.1. The van der Waals surface area contributed by atoms with Gasteiger partial charge in [0, 0.05) is 17.5 Å². The van der Waals surface area contributed by atoms with Gasteiger partial charge in [0.15, 0.2) is 0 Å². The molecule has 126 valence electrons. The van der Waals surface area contributed by atoms with Crippen LogP contribution < -0.4 is 5.32 Å². The van der Waals surface area contributed by atoms with Crippen molar-refractivity contribution in [3.05, 3.63) is 69.7 Å². The summed E-state index contributed by atoms with van der Waals surface area (Å²) in [6, 6.07) is 15.4. The van der Waals surface area contributed by atoms with Crippen LogP contribution in [0.3, 0.4) is 0 Å². The first kappa shape index (κ1) is 17.2. The lowest BCUT2D eigenvalue weighted by Gasteiger charge is -2.07. The van der Waals surface area contributed by atoms with Gasteiger partial charge < -0.3 is 5.32 Å². The van der Waals surface area contributed by atoms with Crippen molar-refractivity contribution in [2.45, 2.75) is 5.03 Å². The quantitative estimate of drug-likeness (QED) is 0.403. The number of nitrogens with one attached hydrogen (secondary N) is 1. The molecule has 0 saturated heterocycles. The van der Waals surface area contributed by atoms with Crippen LogP contribution in [0.1, 0.15) is 0 Å². The van der Waals surface area contributed by atoms with Crippen molar-refractivity contribution in [1.82, 2.24) is 4.98 Å². The molecule has 3 aromatic rings. The minimum atomic E-state index is -0.542. The summed E-state index contributed by atoms with van der Waals surface area (Å²) in [5, 5.41) is 15.4. The fourth-order valence-corrected chi connectivity index (χ4v) is 3.02. The number of nitrogens with zero attached hydrogens (tertiary/aromatic N) is 2. The summed E-state index contributed by atoms with van der Waals surface area (Å²) in [4.78, 5) is 26.8. The number of nitro groups is 1. The van der Waals surface area contributed by atoms with E-state index < -0.39 is 4.92 Å². The number of carbonyl (C=O) groups is 1. The third-order valence-corrected chi connectivity index (χ3v) is 4.62. The van der Waals surface area contributed by atoms with Crippen LogP contribution in [0, 0.1) is 10.1 Å². The first-order valence-corrected chi connectivity index (χ1v) is 8.62. The zero-order chi connectivity index (χ0) is 17.8. The van der Waals surface area contributed by atoms with Gasteiger partial charge in [-0.25, -0.2) is 4.98 Å². The highest BCUT2D eigenvalue weighted by Crippen LogP contribution is 2.27. The minimum Gasteiger partial charge on any atom is -0.324 e. The molecule has 1 heterocycles. The third kappa shape index (κ3) is 4.26. The molecular formula is C17H12ClN3O3S. The van der Waals surface area contributed by atoms with Gasteiger partial charge in [-0.3, -0.25) is 14.9 Å². The standard InChI is InChI=1S/C17H12ClN3O3S/c18-13-7-6-12(21(23)24)9-15(13)19-16(22)10-25-17-8-5-11-3-1-2-4-14(11)20-17/h1-9H,10H2,(H,19,22). The Labute approximate surface area is 152 Å². The van der Waals surface area contributed by atoms with Crippen LogP contribution in [0.2, 0.25) is 5.02 Å². The lowest BCUT2D eigenvalue weighted by molar-refractivity contribution is -0.384. The van der Waals surface area contributed by atoms with Crippen LogP contribution in [0.15, 0.2) is 59.6 Å². The van der Waals surface area contributed by atoms with Gasteiger partial charge in [0.2, 0.25) is 5.91 Å². The van der Waals surface area contributed by atoms with E-state index in [9.17, 15) is 14.9 Å². The van der Waals surface area contributed by atoms with Crippen molar-refractivity contribution in [1.29, 1.82) is 0 Å². The zero-order valence-corrected chi connectivity index (χ0v) is 14.4. The molecule has 1 amide bonds. The van der Waals surface area contributed by atoms with Crippen LogP contribution in [-0.2, 0) is 4.79 Å². The molecule has 0 aliphatic carbocycles. The fourth-order valence-electron chi connectivity index (χ4n) is 2.18. The number of thioether (sulfide) groups is 1. The number of carbonyl (C=O) groups excluding carboxylic acids is 1. The first-order chi connectivity index (χ1) is 12.0. The van der Waals surface area contributed by atoms with Crippen LogP contribution in [0.5, 0.6) is 0 Å². The predicted octanol–water partition coefficient (Wildman–Crippen LogP) is 4.53. The number of aromatic nitrogens is 1. The average Bonchev–Trinajstić information content (AvgIpc) is 2.61. The second-order valence-corrected chi connectivity index (χ2v) is 6.50. The van der Waals surface area contributed by atoms with Gasteiger partial charge in [-0.15, -0.1) is 0 Å².